The highest BCUT2D eigenvalue weighted by molar-refractivity contribution is 6.33. The van der Waals surface area contributed by atoms with Crippen molar-refractivity contribution in [3.8, 4) is 0 Å². The zero-order chi connectivity index (χ0) is 13.3. The quantitative estimate of drug-likeness (QED) is 0.669. The second-order valence-corrected chi connectivity index (χ2v) is 4.10. The standard InChI is InChI=1S/C13H8ClF2NO/c14-10-5-7(1-4-12(10)17)13(18)9-3-2-8(15)6-11(9)16/h1-6H,17H2. The van der Waals surface area contributed by atoms with Gasteiger partial charge in [0.05, 0.1) is 16.3 Å². The number of carbonyl (C=O) groups is 1. The van der Waals surface area contributed by atoms with Crippen molar-refractivity contribution in [1.29, 1.82) is 0 Å². The smallest absolute Gasteiger partial charge is 0.196 e. The van der Waals surface area contributed by atoms with Gasteiger partial charge in [-0.25, -0.2) is 8.78 Å². The molecule has 2 aromatic carbocycles. The van der Waals surface area contributed by atoms with Crippen LogP contribution in [0.25, 0.3) is 0 Å². The number of nitrogens with two attached hydrogens (primary N) is 1. The van der Waals surface area contributed by atoms with Gasteiger partial charge in [0.1, 0.15) is 11.6 Å². The Morgan fingerprint density at radius 2 is 1.83 bits per heavy atom. The molecule has 0 spiro atoms. The fraction of sp³-hybridized carbons (Fsp3) is 0. The Morgan fingerprint density at radius 1 is 1.11 bits per heavy atom. The summed E-state index contributed by atoms with van der Waals surface area (Å²) in [6.45, 7) is 0. The third-order valence-electron chi connectivity index (χ3n) is 2.44. The van der Waals surface area contributed by atoms with Crippen molar-refractivity contribution in [2.75, 3.05) is 5.73 Å². The van der Waals surface area contributed by atoms with Gasteiger partial charge < -0.3 is 5.73 Å². The number of halogens is 3. The summed E-state index contributed by atoms with van der Waals surface area (Å²) in [5, 5.41) is 0.211. The van der Waals surface area contributed by atoms with Gasteiger partial charge in [0.15, 0.2) is 5.78 Å². The molecule has 0 aliphatic heterocycles. The number of hydrogen-bond acceptors (Lipinski definition) is 2. The largest absolute Gasteiger partial charge is 0.398 e. The minimum absolute atomic E-state index is 0.194. The summed E-state index contributed by atoms with van der Waals surface area (Å²) in [7, 11) is 0. The summed E-state index contributed by atoms with van der Waals surface area (Å²) >= 11 is 5.78. The molecule has 5 heteroatoms. The Labute approximate surface area is 107 Å². The Kier molecular flexibility index (Phi) is 3.30. The van der Waals surface area contributed by atoms with Gasteiger partial charge in [0, 0.05) is 11.6 Å². The van der Waals surface area contributed by atoms with E-state index < -0.39 is 17.4 Å². The minimum atomic E-state index is -0.909. The lowest BCUT2D eigenvalue weighted by molar-refractivity contribution is 0.103. The topological polar surface area (TPSA) is 43.1 Å². The molecule has 0 saturated heterocycles. The molecule has 2 rings (SSSR count). The van der Waals surface area contributed by atoms with E-state index in [0.29, 0.717) is 11.8 Å². The number of benzene rings is 2. The third-order valence-corrected chi connectivity index (χ3v) is 2.77. The van der Waals surface area contributed by atoms with E-state index in [2.05, 4.69) is 0 Å². The van der Waals surface area contributed by atoms with Crippen molar-refractivity contribution in [3.05, 3.63) is 64.2 Å². The Bertz CT molecular complexity index is 628. The van der Waals surface area contributed by atoms with E-state index in [1.54, 1.807) is 0 Å². The van der Waals surface area contributed by atoms with Crippen LogP contribution in [0.2, 0.25) is 5.02 Å². The van der Waals surface area contributed by atoms with E-state index in [0.717, 1.165) is 12.1 Å². The molecule has 0 saturated carbocycles. The van der Waals surface area contributed by atoms with E-state index >= 15 is 0 Å². The molecule has 2 N–H and O–H groups in total. The van der Waals surface area contributed by atoms with Crippen LogP contribution in [0, 0.1) is 11.6 Å². The zero-order valence-electron chi connectivity index (χ0n) is 9.08. The van der Waals surface area contributed by atoms with Crippen molar-refractivity contribution >= 4 is 23.1 Å². The molecule has 0 amide bonds. The first kappa shape index (κ1) is 12.5. The SMILES string of the molecule is Nc1ccc(C(=O)c2ccc(F)cc2F)cc1Cl. The van der Waals surface area contributed by atoms with Crippen LogP contribution in [0.5, 0.6) is 0 Å². The molecule has 0 aliphatic carbocycles. The second kappa shape index (κ2) is 4.74. The Balaban J connectivity index is 2.44. The fourth-order valence-electron chi connectivity index (χ4n) is 1.50. The van der Waals surface area contributed by atoms with Crippen LogP contribution < -0.4 is 5.73 Å². The van der Waals surface area contributed by atoms with Crippen LogP contribution in [0.4, 0.5) is 14.5 Å². The van der Waals surface area contributed by atoms with Crippen LogP contribution in [0.3, 0.4) is 0 Å². The van der Waals surface area contributed by atoms with Crippen LogP contribution in [-0.2, 0) is 0 Å². The minimum Gasteiger partial charge on any atom is -0.398 e. The van der Waals surface area contributed by atoms with Crippen molar-refractivity contribution in [3.63, 3.8) is 0 Å². The number of ketones is 1. The Morgan fingerprint density at radius 3 is 2.44 bits per heavy atom. The predicted molar refractivity (Wildman–Crippen MR) is 65.7 cm³/mol. The molecule has 92 valence electrons. The zero-order valence-corrected chi connectivity index (χ0v) is 9.84. The van der Waals surface area contributed by atoms with Gasteiger partial charge in [0.25, 0.3) is 0 Å². The van der Waals surface area contributed by atoms with Gasteiger partial charge in [-0.3, -0.25) is 4.79 Å². The number of hydrogen-bond donors (Lipinski definition) is 1. The first-order chi connectivity index (χ1) is 8.49. The lowest BCUT2D eigenvalue weighted by atomic mass is 10.0. The number of carbonyl (C=O) groups excluding carboxylic acids is 1. The fourth-order valence-corrected chi connectivity index (χ4v) is 1.68. The van der Waals surface area contributed by atoms with Crippen molar-refractivity contribution in [2.45, 2.75) is 0 Å². The van der Waals surface area contributed by atoms with Gasteiger partial charge in [-0.15, -0.1) is 0 Å². The van der Waals surface area contributed by atoms with Crippen molar-refractivity contribution in [1.82, 2.24) is 0 Å². The van der Waals surface area contributed by atoms with Crippen molar-refractivity contribution < 1.29 is 13.6 Å². The first-order valence-electron chi connectivity index (χ1n) is 5.04. The van der Waals surface area contributed by atoms with Gasteiger partial charge in [-0.2, -0.15) is 0 Å². The third kappa shape index (κ3) is 2.33. The maximum Gasteiger partial charge on any atom is 0.196 e. The molecule has 2 aromatic rings. The van der Waals surface area contributed by atoms with Crippen LogP contribution in [0.1, 0.15) is 15.9 Å². The highest BCUT2D eigenvalue weighted by atomic mass is 35.5. The maximum absolute atomic E-state index is 13.4. The highest BCUT2D eigenvalue weighted by Gasteiger charge is 2.15. The molecule has 2 nitrogen and oxygen atoms in total. The summed E-state index contributed by atoms with van der Waals surface area (Å²) in [4.78, 5) is 12.0. The average molecular weight is 268 g/mol. The van der Waals surface area contributed by atoms with E-state index in [9.17, 15) is 13.6 Å². The Hall–Kier alpha value is -1.94. The van der Waals surface area contributed by atoms with Gasteiger partial charge in [0.2, 0.25) is 0 Å². The number of rotatable bonds is 2. The molecule has 0 bridgehead atoms. The molecule has 0 aliphatic rings. The lowest BCUT2D eigenvalue weighted by Crippen LogP contribution is -2.05. The first-order valence-corrected chi connectivity index (χ1v) is 5.41. The predicted octanol–water partition coefficient (Wildman–Crippen LogP) is 3.43. The molecule has 0 fully saturated rings. The summed E-state index contributed by atoms with van der Waals surface area (Å²) in [6, 6.07) is 7.02. The molecule has 0 aromatic heterocycles. The van der Waals surface area contributed by atoms with Crippen LogP contribution in [0.15, 0.2) is 36.4 Å². The summed E-state index contributed by atoms with van der Waals surface area (Å²) in [6.07, 6.45) is 0. The van der Waals surface area contributed by atoms with Gasteiger partial charge in [-0.1, -0.05) is 11.6 Å². The van der Waals surface area contributed by atoms with Gasteiger partial charge >= 0.3 is 0 Å². The highest BCUT2D eigenvalue weighted by Crippen LogP contribution is 2.22. The summed E-state index contributed by atoms with van der Waals surface area (Å²) < 4.78 is 26.2. The molecule has 0 atom stereocenters. The molecule has 0 unspecified atom stereocenters. The number of nitrogen functional groups attached to an aromatic ring is 1. The molecule has 0 radical (unpaired) electrons. The normalized spacial score (nSPS) is 10.4. The van der Waals surface area contributed by atoms with E-state index in [4.69, 9.17) is 17.3 Å². The van der Waals surface area contributed by atoms with Crippen molar-refractivity contribution in [2.24, 2.45) is 0 Å². The van der Waals surface area contributed by atoms with E-state index in [1.807, 2.05) is 0 Å². The maximum atomic E-state index is 13.4. The molecular weight excluding hydrogens is 260 g/mol. The average Bonchev–Trinajstić information content (AvgIpc) is 2.32. The number of anilines is 1. The summed E-state index contributed by atoms with van der Waals surface area (Å²) in [5.41, 5.74) is 5.82. The summed E-state index contributed by atoms with van der Waals surface area (Å²) in [5.74, 6) is -2.22. The van der Waals surface area contributed by atoms with Crippen LogP contribution >= 0.6 is 11.6 Å². The second-order valence-electron chi connectivity index (χ2n) is 3.69. The van der Waals surface area contributed by atoms with E-state index in [-0.39, 0.29) is 16.1 Å². The molecule has 18 heavy (non-hydrogen) atoms. The monoisotopic (exact) mass is 267 g/mol. The van der Waals surface area contributed by atoms with Crippen LogP contribution in [-0.4, -0.2) is 5.78 Å². The lowest BCUT2D eigenvalue weighted by Gasteiger charge is -2.04. The molecule has 0 heterocycles. The molecular formula is C13H8ClF2NO. The van der Waals surface area contributed by atoms with Gasteiger partial charge in [-0.05, 0) is 30.3 Å². The van der Waals surface area contributed by atoms with E-state index in [1.165, 1.54) is 18.2 Å².